The second-order valence-electron chi connectivity index (χ2n) is 9.94. The number of para-hydroxylation sites is 1. The minimum absolute atomic E-state index is 0.171. The fourth-order valence-corrected chi connectivity index (χ4v) is 6.25. The Hall–Kier alpha value is -4.54. The van der Waals surface area contributed by atoms with Crippen molar-refractivity contribution < 1.29 is 28.5 Å². The summed E-state index contributed by atoms with van der Waals surface area (Å²) in [6.45, 7) is 6.19. The lowest BCUT2D eigenvalue weighted by Gasteiger charge is -2.26. The number of nitrogens with zero attached hydrogens (tertiary/aromatic N) is 2. The van der Waals surface area contributed by atoms with Crippen molar-refractivity contribution in [2.75, 3.05) is 27.4 Å². The Balaban J connectivity index is 1.59. The van der Waals surface area contributed by atoms with Crippen LogP contribution in [0.1, 0.15) is 43.5 Å². The number of fused-ring (bicyclic) bond motifs is 1. The molecule has 9 nitrogen and oxygen atoms in total. The van der Waals surface area contributed by atoms with E-state index in [1.54, 1.807) is 58.4 Å². The van der Waals surface area contributed by atoms with Gasteiger partial charge >= 0.3 is 5.97 Å². The van der Waals surface area contributed by atoms with Crippen molar-refractivity contribution in [3.63, 3.8) is 0 Å². The highest BCUT2D eigenvalue weighted by Crippen LogP contribution is 2.41. The van der Waals surface area contributed by atoms with Gasteiger partial charge < -0.3 is 23.7 Å². The van der Waals surface area contributed by atoms with Gasteiger partial charge in [0.15, 0.2) is 27.8 Å². The highest BCUT2D eigenvalue weighted by molar-refractivity contribution is 7.07. The van der Waals surface area contributed by atoms with Crippen LogP contribution in [-0.4, -0.2) is 38.0 Å². The van der Waals surface area contributed by atoms with Crippen LogP contribution in [0, 0.1) is 0 Å². The minimum Gasteiger partial charge on any atom is -0.493 e. The van der Waals surface area contributed by atoms with Crippen LogP contribution >= 0.6 is 22.9 Å². The molecule has 11 heteroatoms. The Labute approximate surface area is 269 Å². The third-order valence-corrected chi connectivity index (χ3v) is 8.36. The first-order chi connectivity index (χ1) is 21.8. The lowest BCUT2D eigenvalue weighted by Crippen LogP contribution is -2.40. The number of carbonyl (C=O) groups excluding carboxylic acids is 1. The van der Waals surface area contributed by atoms with Crippen molar-refractivity contribution in [1.82, 2.24) is 4.57 Å². The molecule has 0 bridgehead atoms. The number of thiazole rings is 1. The lowest BCUT2D eigenvalue weighted by molar-refractivity contribution is -0.139. The number of hydrogen-bond acceptors (Lipinski definition) is 9. The van der Waals surface area contributed by atoms with Gasteiger partial charge in [-0.3, -0.25) is 9.36 Å². The van der Waals surface area contributed by atoms with Gasteiger partial charge in [-0.1, -0.05) is 53.3 Å². The van der Waals surface area contributed by atoms with Crippen LogP contribution in [-0.2, 0) is 16.1 Å². The summed E-state index contributed by atoms with van der Waals surface area (Å²) in [4.78, 5) is 32.6. The molecule has 0 saturated heterocycles. The summed E-state index contributed by atoms with van der Waals surface area (Å²) in [7, 11) is 3.11. The summed E-state index contributed by atoms with van der Waals surface area (Å²) >= 11 is 7.22. The van der Waals surface area contributed by atoms with Gasteiger partial charge in [-0.2, -0.15) is 0 Å². The normalized spacial score (nSPS) is 14.4. The predicted molar refractivity (Wildman–Crippen MR) is 173 cm³/mol. The van der Waals surface area contributed by atoms with Crippen molar-refractivity contribution in [3.8, 4) is 23.0 Å². The van der Waals surface area contributed by atoms with Gasteiger partial charge in [-0.05, 0) is 68.3 Å². The molecule has 4 aromatic rings. The molecule has 0 unspecified atom stereocenters. The Kier molecular flexibility index (Phi) is 9.95. The smallest absolute Gasteiger partial charge is 0.338 e. The maximum absolute atomic E-state index is 14.1. The first-order valence-electron chi connectivity index (χ1n) is 14.3. The van der Waals surface area contributed by atoms with Gasteiger partial charge in [0.1, 0.15) is 12.6 Å². The molecule has 3 aromatic carbocycles. The fraction of sp³-hybridized carbons (Fsp3) is 0.265. The minimum atomic E-state index is -0.850. The fourth-order valence-electron chi connectivity index (χ4n) is 5.08. The second kappa shape index (κ2) is 14.0. The molecule has 1 aliphatic rings. The van der Waals surface area contributed by atoms with Gasteiger partial charge in [-0.25, -0.2) is 9.79 Å². The monoisotopic (exact) mass is 648 g/mol. The quantitative estimate of drug-likeness (QED) is 0.200. The predicted octanol–water partition coefficient (Wildman–Crippen LogP) is 5.45. The van der Waals surface area contributed by atoms with Gasteiger partial charge in [-0.15, -0.1) is 0 Å². The van der Waals surface area contributed by atoms with Crippen molar-refractivity contribution in [1.29, 1.82) is 0 Å². The van der Waals surface area contributed by atoms with E-state index < -0.39 is 12.0 Å². The van der Waals surface area contributed by atoms with Crippen LogP contribution in [0.25, 0.3) is 6.08 Å². The van der Waals surface area contributed by atoms with E-state index in [-0.39, 0.29) is 17.7 Å². The van der Waals surface area contributed by atoms with Crippen LogP contribution < -0.4 is 33.8 Å². The topological polar surface area (TPSA) is 97.6 Å². The number of rotatable bonds is 11. The summed E-state index contributed by atoms with van der Waals surface area (Å²) in [6.07, 6.45) is 1.77. The summed E-state index contributed by atoms with van der Waals surface area (Å²) in [6, 6.07) is 17.4. The van der Waals surface area contributed by atoms with Crippen LogP contribution in [0.3, 0.4) is 0 Å². The van der Waals surface area contributed by atoms with E-state index in [2.05, 4.69) is 4.99 Å². The van der Waals surface area contributed by atoms with Crippen LogP contribution in [0.2, 0.25) is 5.02 Å². The van der Waals surface area contributed by atoms with E-state index in [9.17, 15) is 9.59 Å². The molecule has 0 amide bonds. The number of aromatic nitrogens is 1. The molecule has 1 atom stereocenters. The third-order valence-electron chi connectivity index (χ3n) is 7.12. The number of hydrogen-bond donors (Lipinski definition) is 0. The summed E-state index contributed by atoms with van der Waals surface area (Å²) < 4.78 is 30.6. The van der Waals surface area contributed by atoms with E-state index >= 15 is 0 Å². The van der Waals surface area contributed by atoms with E-state index in [0.717, 1.165) is 11.1 Å². The molecule has 2 heterocycles. The second-order valence-corrected chi connectivity index (χ2v) is 11.4. The van der Waals surface area contributed by atoms with E-state index in [0.29, 0.717) is 61.8 Å². The van der Waals surface area contributed by atoms with Crippen LogP contribution in [0.4, 0.5) is 0 Å². The number of methoxy groups -OCH3 is 2. The van der Waals surface area contributed by atoms with Crippen molar-refractivity contribution in [3.05, 3.63) is 113 Å². The lowest BCUT2D eigenvalue weighted by atomic mass is 9.94. The van der Waals surface area contributed by atoms with Gasteiger partial charge in [0, 0.05) is 10.6 Å². The standard InChI is InChI=1S/C34H33ClN2O7S/c1-6-42-31-24(9-8-10-26(31)40-4)30-29(33(39)43-7-2)20(3)36-34-37(30)32(38)28(45-34)18-22-13-16-25(27(17-22)41-5)44-19-21-11-14-23(35)15-12-21/h8-18,30H,6-7,19H2,1-5H3/b28-18+/t30-/m0/s1. The molecule has 234 valence electrons. The van der Waals surface area contributed by atoms with Crippen LogP contribution in [0.5, 0.6) is 23.0 Å². The molecule has 1 aliphatic heterocycles. The maximum atomic E-state index is 14.1. The molecule has 45 heavy (non-hydrogen) atoms. The number of halogens is 1. The zero-order chi connectivity index (χ0) is 32.1. The van der Waals surface area contributed by atoms with E-state index in [1.165, 1.54) is 15.9 Å². The highest BCUT2D eigenvalue weighted by Gasteiger charge is 2.36. The Morgan fingerprint density at radius 2 is 1.73 bits per heavy atom. The first-order valence-corrected chi connectivity index (χ1v) is 15.5. The summed E-state index contributed by atoms with van der Waals surface area (Å²) in [5.41, 5.74) is 2.68. The van der Waals surface area contributed by atoms with Gasteiger partial charge in [0.2, 0.25) is 0 Å². The van der Waals surface area contributed by atoms with Gasteiger partial charge in [0.25, 0.3) is 5.56 Å². The average molecular weight is 649 g/mol. The molecule has 0 N–H and O–H groups in total. The molecular formula is C34H33ClN2O7S. The zero-order valence-corrected chi connectivity index (χ0v) is 27.2. The number of benzene rings is 3. The zero-order valence-electron chi connectivity index (χ0n) is 25.6. The van der Waals surface area contributed by atoms with E-state index in [1.807, 2.05) is 43.3 Å². The molecule has 0 aliphatic carbocycles. The first kappa shape index (κ1) is 31.9. The molecule has 0 saturated carbocycles. The number of ether oxygens (including phenoxy) is 5. The third kappa shape index (κ3) is 6.62. The van der Waals surface area contributed by atoms with Crippen molar-refractivity contribution in [2.45, 2.75) is 33.4 Å². The summed E-state index contributed by atoms with van der Waals surface area (Å²) in [5, 5.41) is 0.655. The average Bonchev–Trinajstić information content (AvgIpc) is 3.34. The molecule has 0 radical (unpaired) electrons. The Morgan fingerprint density at radius 1 is 0.978 bits per heavy atom. The van der Waals surface area contributed by atoms with Crippen LogP contribution in [0.15, 0.2) is 81.7 Å². The SMILES string of the molecule is CCOC(=O)C1=C(C)N=c2s/c(=C/c3ccc(OCc4ccc(Cl)cc4)c(OC)c3)c(=O)n2[C@H]1c1cccc(OC)c1OCC. The summed E-state index contributed by atoms with van der Waals surface area (Å²) in [5.74, 6) is 1.45. The molecule has 1 aromatic heterocycles. The van der Waals surface area contributed by atoms with E-state index in [4.69, 9.17) is 35.3 Å². The van der Waals surface area contributed by atoms with Crippen molar-refractivity contribution in [2.24, 2.45) is 4.99 Å². The number of esters is 1. The Bertz CT molecular complexity index is 1930. The molecule has 0 fully saturated rings. The molecule has 5 rings (SSSR count). The largest absolute Gasteiger partial charge is 0.493 e. The molecular weight excluding hydrogens is 616 g/mol. The Morgan fingerprint density at radius 3 is 2.42 bits per heavy atom. The van der Waals surface area contributed by atoms with Crippen molar-refractivity contribution >= 4 is 35.0 Å². The number of carbonyl (C=O) groups is 1. The molecule has 0 spiro atoms. The maximum Gasteiger partial charge on any atom is 0.338 e. The highest BCUT2D eigenvalue weighted by atomic mass is 35.5. The number of allylic oxidation sites excluding steroid dienone is 1. The van der Waals surface area contributed by atoms with Gasteiger partial charge in [0.05, 0.1) is 43.2 Å².